The van der Waals surface area contributed by atoms with Crippen LogP contribution in [0.3, 0.4) is 0 Å². The number of hydrogen-bond donors (Lipinski definition) is 1. The first kappa shape index (κ1) is 14.6. The third-order valence-corrected chi connectivity index (χ3v) is 4.90. The van der Waals surface area contributed by atoms with Crippen molar-refractivity contribution >= 4 is 5.91 Å². The van der Waals surface area contributed by atoms with Crippen LogP contribution in [0.25, 0.3) is 0 Å². The van der Waals surface area contributed by atoms with Gasteiger partial charge in [0, 0.05) is 31.6 Å². The predicted molar refractivity (Wildman–Crippen MR) is 85.1 cm³/mol. The molecule has 0 spiro atoms. The summed E-state index contributed by atoms with van der Waals surface area (Å²) in [6, 6.07) is 10.9. The van der Waals surface area contributed by atoms with Gasteiger partial charge in [0.2, 0.25) is 5.91 Å². The molecular formula is C18H26N2O. The van der Waals surface area contributed by atoms with Crippen LogP contribution in [-0.2, 0) is 11.2 Å². The van der Waals surface area contributed by atoms with E-state index in [-0.39, 0.29) is 5.92 Å². The van der Waals surface area contributed by atoms with E-state index in [1.54, 1.807) is 0 Å². The van der Waals surface area contributed by atoms with Crippen LogP contribution in [0.5, 0.6) is 0 Å². The van der Waals surface area contributed by atoms with Gasteiger partial charge in [0.05, 0.1) is 0 Å². The number of nitrogens with zero attached hydrogens (tertiary/aromatic N) is 1. The van der Waals surface area contributed by atoms with E-state index >= 15 is 0 Å². The van der Waals surface area contributed by atoms with Crippen molar-refractivity contribution in [1.82, 2.24) is 10.2 Å². The summed E-state index contributed by atoms with van der Waals surface area (Å²) in [6.45, 7) is 2.73. The Morgan fingerprint density at radius 2 is 1.90 bits per heavy atom. The standard InChI is InChI=1S/C18H26N2O/c21-18(16-9-5-2-6-10-16)20-12-11-19-14-17(20)13-15-7-3-1-4-8-15/h1,3-4,7-8,16-17,19H,2,5-6,9-14H2. The number of carbonyl (C=O) groups excluding carboxylic acids is 1. The minimum absolute atomic E-state index is 0.287. The van der Waals surface area contributed by atoms with E-state index in [0.717, 1.165) is 38.9 Å². The molecule has 1 aromatic carbocycles. The summed E-state index contributed by atoms with van der Waals surface area (Å²) in [5.74, 6) is 0.701. The molecule has 21 heavy (non-hydrogen) atoms. The Labute approximate surface area is 127 Å². The van der Waals surface area contributed by atoms with Crippen molar-refractivity contribution in [1.29, 1.82) is 0 Å². The smallest absolute Gasteiger partial charge is 0.226 e. The second-order valence-electron chi connectivity index (χ2n) is 6.41. The van der Waals surface area contributed by atoms with Gasteiger partial charge in [0.1, 0.15) is 0 Å². The largest absolute Gasteiger partial charge is 0.337 e. The predicted octanol–water partition coefficient (Wildman–Crippen LogP) is 2.61. The van der Waals surface area contributed by atoms with Crippen LogP contribution in [0.15, 0.2) is 30.3 Å². The summed E-state index contributed by atoms with van der Waals surface area (Å²) in [7, 11) is 0. The van der Waals surface area contributed by atoms with Crippen molar-refractivity contribution < 1.29 is 4.79 Å². The molecule has 1 aromatic rings. The Balaban J connectivity index is 1.67. The lowest BCUT2D eigenvalue weighted by Crippen LogP contribution is -2.56. The van der Waals surface area contributed by atoms with E-state index in [9.17, 15) is 4.79 Å². The Kier molecular flexibility index (Phi) is 4.91. The monoisotopic (exact) mass is 286 g/mol. The normalized spacial score (nSPS) is 24.0. The zero-order chi connectivity index (χ0) is 14.5. The van der Waals surface area contributed by atoms with Gasteiger partial charge in [0.25, 0.3) is 0 Å². The SMILES string of the molecule is O=C(C1CCCCC1)N1CCNCC1Cc1ccccc1. The highest BCUT2D eigenvalue weighted by Gasteiger charge is 2.31. The number of amides is 1. The van der Waals surface area contributed by atoms with E-state index < -0.39 is 0 Å². The molecule has 1 N–H and O–H groups in total. The Morgan fingerprint density at radius 3 is 2.67 bits per heavy atom. The van der Waals surface area contributed by atoms with Crippen molar-refractivity contribution in [3.05, 3.63) is 35.9 Å². The first-order chi connectivity index (χ1) is 10.3. The minimum Gasteiger partial charge on any atom is -0.337 e. The number of benzene rings is 1. The van der Waals surface area contributed by atoms with Gasteiger partial charge in [-0.25, -0.2) is 0 Å². The van der Waals surface area contributed by atoms with Crippen molar-refractivity contribution in [2.75, 3.05) is 19.6 Å². The third kappa shape index (κ3) is 3.65. The van der Waals surface area contributed by atoms with Gasteiger partial charge in [0.15, 0.2) is 0 Å². The van der Waals surface area contributed by atoms with Gasteiger partial charge >= 0.3 is 0 Å². The van der Waals surface area contributed by atoms with Crippen LogP contribution in [0.2, 0.25) is 0 Å². The average Bonchev–Trinajstić information content (AvgIpc) is 2.56. The maximum Gasteiger partial charge on any atom is 0.226 e. The second kappa shape index (κ2) is 7.08. The summed E-state index contributed by atoms with van der Waals surface area (Å²) in [5.41, 5.74) is 1.33. The molecule has 1 saturated heterocycles. The van der Waals surface area contributed by atoms with E-state index in [2.05, 4.69) is 34.5 Å². The van der Waals surface area contributed by atoms with Gasteiger partial charge < -0.3 is 10.2 Å². The lowest BCUT2D eigenvalue weighted by Gasteiger charge is -2.39. The molecular weight excluding hydrogens is 260 g/mol. The topological polar surface area (TPSA) is 32.3 Å². The Bertz CT molecular complexity index is 454. The van der Waals surface area contributed by atoms with Crippen molar-refractivity contribution in [3.8, 4) is 0 Å². The summed E-state index contributed by atoms with van der Waals surface area (Å²) in [4.78, 5) is 15.0. The van der Waals surface area contributed by atoms with E-state index in [1.165, 1.54) is 24.8 Å². The lowest BCUT2D eigenvalue weighted by atomic mass is 9.87. The number of nitrogens with one attached hydrogen (secondary N) is 1. The average molecular weight is 286 g/mol. The fourth-order valence-electron chi connectivity index (χ4n) is 3.70. The summed E-state index contributed by atoms with van der Waals surface area (Å²) in [6.07, 6.45) is 6.92. The van der Waals surface area contributed by atoms with Crippen molar-refractivity contribution in [2.24, 2.45) is 5.92 Å². The molecule has 114 valence electrons. The zero-order valence-electron chi connectivity index (χ0n) is 12.8. The lowest BCUT2D eigenvalue weighted by molar-refractivity contribution is -0.139. The maximum atomic E-state index is 12.9. The second-order valence-corrected chi connectivity index (χ2v) is 6.41. The molecule has 1 aliphatic heterocycles. The van der Waals surface area contributed by atoms with Crippen LogP contribution in [0, 0.1) is 5.92 Å². The van der Waals surface area contributed by atoms with Crippen LogP contribution in [-0.4, -0.2) is 36.5 Å². The highest BCUT2D eigenvalue weighted by molar-refractivity contribution is 5.79. The number of piperazine rings is 1. The molecule has 1 saturated carbocycles. The summed E-state index contributed by atoms with van der Waals surface area (Å²) in [5, 5.41) is 3.45. The minimum atomic E-state index is 0.287. The molecule has 3 heteroatoms. The van der Waals surface area contributed by atoms with E-state index in [4.69, 9.17) is 0 Å². The molecule has 1 amide bonds. The quantitative estimate of drug-likeness (QED) is 0.926. The van der Waals surface area contributed by atoms with Crippen molar-refractivity contribution in [3.63, 3.8) is 0 Å². The Morgan fingerprint density at radius 1 is 1.14 bits per heavy atom. The van der Waals surface area contributed by atoms with E-state index in [1.807, 2.05) is 6.07 Å². The van der Waals surface area contributed by atoms with E-state index in [0.29, 0.717) is 11.9 Å². The molecule has 1 heterocycles. The van der Waals surface area contributed by atoms with Gasteiger partial charge in [-0.05, 0) is 24.8 Å². The van der Waals surface area contributed by atoms with Crippen LogP contribution in [0.1, 0.15) is 37.7 Å². The number of rotatable bonds is 3. The molecule has 2 aliphatic rings. The number of hydrogen-bond acceptors (Lipinski definition) is 2. The van der Waals surface area contributed by atoms with Crippen LogP contribution in [0.4, 0.5) is 0 Å². The molecule has 3 rings (SSSR count). The highest BCUT2D eigenvalue weighted by Crippen LogP contribution is 2.26. The molecule has 2 fully saturated rings. The fraction of sp³-hybridized carbons (Fsp3) is 0.611. The molecule has 0 aromatic heterocycles. The summed E-state index contributed by atoms with van der Waals surface area (Å²) >= 11 is 0. The van der Waals surface area contributed by atoms with Gasteiger partial charge in [-0.15, -0.1) is 0 Å². The first-order valence-corrected chi connectivity index (χ1v) is 8.40. The zero-order valence-corrected chi connectivity index (χ0v) is 12.8. The maximum absolute atomic E-state index is 12.9. The van der Waals surface area contributed by atoms with Crippen molar-refractivity contribution in [2.45, 2.75) is 44.6 Å². The molecule has 0 radical (unpaired) electrons. The van der Waals surface area contributed by atoms with Gasteiger partial charge in [-0.3, -0.25) is 4.79 Å². The molecule has 1 unspecified atom stereocenters. The van der Waals surface area contributed by atoms with Gasteiger partial charge in [-0.1, -0.05) is 49.6 Å². The van der Waals surface area contributed by atoms with Crippen LogP contribution >= 0.6 is 0 Å². The molecule has 3 nitrogen and oxygen atoms in total. The molecule has 1 atom stereocenters. The summed E-state index contributed by atoms with van der Waals surface area (Å²) < 4.78 is 0. The van der Waals surface area contributed by atoms with Gasteiger partial charge in [-0.2, -0.15) is 0 Å². The fourth-order valence-corrected chi connectivity index (χ4v) is 3.70. The molecule has 1 aliphatic carbocycles. The molecule has 0 bridgehead atoms. The number of carbonyl (C=O) groups is 1. The third-order valence-electron chi connectivity index (χ3n) is 4.90. The Hall–Kier alpha value is -1.35. The van der Waals surface area contributed by atoms with Crippen LogP contribution < -0.4 is 5.32 Å². The first-order valence-electron chi connectivity index (χ1n) is 8.40. The highest BCUT2D eigenvalue weighted by atomic mass is 16.2.